The van der Waals surface area contributed by atoms with E-state index in [4.69, 9.17) is 11.6 Å². The topological polar surface area (TPSA) is 54.0 Å². The number of anilines is 1. The van der Waals surface area contributed by atoms with Crippen molar-refractivity contribution in [2.45, 2.75) is 13.0 Å². The van der Waals surface area contributed by atoms with Gasteiger partial charge in [-0.05, 0) is 11.6 Å². The number of carbonyl (C=O) groups is 1. The second kappa shape index (κ2) is 6.54. The van der Waals surface area contributed by atoms with E-state index in [2.05, 4.69) is 15.6 Å². The quantitative estimate of drug-likeness (QED) is 0.892. The lowest BCUT2D eigenvalue weighted by atomic mass is 10.1. The van der Waals surface area contributed by atoms with Gasteiger partial charge < -0.3 is 10.6 Å². The molecule has 0 saturated heterocycles. The molecule has 0 aliphatic rings. The monoisotopic (exact) mass is 295 g/mol. The van der Waals surface area contributed by atoms with Crippen molar-refractivity contribution >= 4 is 34.5 Å². The van der Waals surface area contributed by atoms with E-state index in [9.17, 15) is 4.79 Å². The van der Waals surface area contributed by atoms with Crippen LogP contribution in [0.5, 0.6) is 0 Å². The van der Waals surface area contributed by atoms with Crippen LogP contribution in [0.4, 0.5) is 5.69 Å². The van der Waals surface area contributed by atoms with E-state index >= 15 is 0 Å². The first kappa shape index (κ1) is 13.8. The van der Waals surface area contributed by atoms with Gasteiger partial charge in [-0.15, -0.1) is 11.3 Å². The number of aromatic nitrogens is 1. The van der Waals surface area contributed by atoms with Crippen LogP contribution in [0.1, 0.15) is 10.4 Å². The van der Waals surface area contributed by atoms with Crippen molar-refractivity contribution in [2.24, 2.45) is 0 Å². The van der Waals surface area contributed by atoms with Crippen LogP contribution in [0, 0.1) is 0 Å². The summed E-state index contributed by atoms with van der Waals surface area (Å²) in [5, 5.41) is 5.93. The summed E-state index contributed by atoms with van der Waals surface area (Å²) in [5.74, 6) is -0.00455. The lowest BCUT2D eigenvalue weighted by Crippen LogP contribution is -2.20. The zero-order valence-corrected chi connectivity index (χ0v) is 12.0. The normalized spacial score (nSPS) is 10.2. The van der Waals surface area contributed by atoms with Crippen LogP contribution in [0.15, 0.2) is 30.5 Å². The van der Waals surface area contributed by atoms with E-state index in [-0.39, 0.29) is 5.91 Å². The Morgan fingerprint density at radius 3 is 2.89 bits per heavy atom. The van der Waals surface area contributed by atoms with Gasteiger partial charge in [-0.3, -0.25) is 4.79 Å². The Morgan fingerprint density at radius 1 is 1.42 bits per heavy atom. The molecule has 0 atom stereocenters. The van der Waals surface area contributed by atoms with Crippen molar-refractivity contribution in [1.29, 1.82) is 0 Å². The highest BCUT2D eigenvalue weighted by Gasteiger charge is 2.06. The van der Waals surface area contributed by atoms with Gasteiger partial charge >= 0.3 is 0 Å². The average Bonchev–Trinajstić information content (AvgIpc) is 2.83. The highest BCUT2D eigenvalue weighted by Crippen LogP contribution is 2.21. The van der Waals surface area contributed by atoms with Gasteiger partial charge in [-0.1, -0.05) is 29.8 Å². The zero-order valence-electron chi connectivity index (χ0n) is 10.4. The molecule has 0 radical (unpaired) electrons. The molecule has 1 heterocycles. The molecule has 1 aromatic heterocycles. The molecule has 19 heavy (non-hydrogen) atoms. The van der Waals surface area contributed by atoms with E-state index in [0.717, 1.165) is 16.1 Å². The van der Waals surface area contributed by atoms with Gasteiger partial charge in [0.2, 0.25) is 5.91 Å². The lowest BCUT2D eigenvalue weighted by molar-refractivity contribution is -0.119. The Labute approximate surface area is 120 Å². The van der Waals surface area contributed by atoms with Crippen LogP contribution in [-0.4, -0.2) is 17.9 Å². The molecular formula is C13H14ClN3OS. The molecule has 0 aliphatic carbocycles. The Hall–Kier alpha value is -1.59. The molecule has 0 fully saturated rings. The number of benzene rings is 1. The van der Waals surface area contributed by atoms with E-state index in [1.54, 1.807) is 13.2 Å². The van der Waals surface area contributed by atoms with Gasteiger partial charge in [-0.25, -0.2) is 4.98 Å². The third-order valence-corrected chi connectivity index (χ3v) is 3.74. The van der Waals surface area contributed by atoms with E-state index in [1.165, 1.54) is 11.3 Å². The standard InChI is InChI=1S/C13H14ClN3OS/c1-15-12(18)6-9-4-2-3-5-11(9)16-7-10-8-17-13(14)19-10/h2-5,8,16H,6-7H2,1H3,(H,15,18). The van der Waals surface area contributed by atoms with Gasteiger partial charge in [-0.2, -0.15) is 0 Å². The molecule has 2 N–H and O–H groups in total. The predicted octanol–water partition coefficient (Wildman–Crippen LogP) is 2.70. The predicted molar refractivity (Wildman–Crippen MR) is 78.7 cm³/mol. The van der Waals surface area contributed by atoms with Gasteiger partial charge in [0.25, 0.3) is 0 Å². The number of halogens is 1. The third-order valence-electron chi connectivity index (χ3n) is 2.63. The molecule has 1 aromatic carbocycles. The Kier molecular flexibility index (Phi) is 4.76. The minimum atomic E-state index is -0.00455. The highest BCUT2D eigenvalue weighted by molar-refractivity contribution is 7.15. The summed E-state index contributed by atoms with van der Waals surface area (Å²) in [7, 11) is 1.64. The van der Waals surface area contributed by atoms with Crippen LogP contribution < -0.4 is 10.6 Å². The summed E-state index contributed by atoms with van der Waals surface area (Å²) >= 11 is 7.23. The van der Waals surface area contributed by atoms with Crippen LogP contribution in [-0.2, 0) is 17.8 Å². The number of nitrogens with one attached hydrogen (secondary N) is 2. The molecule has 0 saturated carbocycles. The SMILES string of the molecule is CNC(=O)Cc1ccccc1NCc1cnc(Cl)s1. The van der Waals surface area contributed by atoms with Gasteiger partial charge in [0, 0.05) is 23.8 Å². The summed E-state index contributed by atoms with van der Waals surface area (Å²) in [4.78, 5) is 16.5. The molecule has 4 nitrogen and oxygen atoms in total. The molecule has 6 heteroatoms. The molecule has 2 rings (SSSR count). The Bertz CT molecular complexity index is 571. The summed E-state index contributed by atoms with van der Waals surface area (Å²) in [5.41, 5.74) is 1.92. The van der Waals surface area contributed by atoms with Crippen molar-refractivity contribution in [3.8, 4) is 0 Å². The number of hydrogen-bond acceptors (Lipinski definition) is 4. The van der Waals surface area contributed by atoms with Crippen LogP contribution in [0.25, 0.3) is 0 Å². The molecular weight excluding hydrogens is 282 g/mol. The first-order valence-corrected chi connectivity index (χ1v) is 7.01. The highest BCUT2D eigenvalue weighted by atomic mass is 35.5. The van der Waals surface area contributed by atoms with E-state index < -0.39 is 0 Å². The van der Waals surface area contributed by atoms with Gasteiger partial charge in [0.15, 0.2) is 4.47 Å². The van der Waals surface area contributed by atoms with Crippen molar-refractivity contribution in [1.82, 2.24) is 10.3 Å². The van der Waals surface area contributed by atoms with Crippen molar-refractivity contribution < 1.29 is 4.79 Å². The summed E-state index contributed by atoms with van der Waals surface area (Å²) in [6.07, 6.45) is 2.12. The zero-order chi connectivity index (χ0) is 13.7. The molecule has 1 amide bonds. The minimum Gasteiger partial charge on any atom is -0.380 e. The number of carbonyl (C=O) groups excluding carboxylic acids is 1. The number of nitrogens with zero attached hydrogens (tertiary/aromatic N) is 1. The summed E-state index contributed by atoms with van der Waals surface area (Å²) in [6.45, 7) is 0.648. The van der Waals surface area contributed by atoms with Crippen molar-refractivity contribution in [2.75, 3.05) is 12.4 Å². The molecule has 100 valence electrons. The molecule has 0 unspecified atom stereocenters. The van der Waals surface area contributed by atoms with Crippen molar-refractivity contribution in [3.05, 3.63) is 45.4 Å². The molecule has 0 spiro atoms. The van der Waals surface area contributed by atoms with Crippen LogP contribution in [0.2, 0.25) is 4.47 Å². The molecule has 2 aromatic rings. The maximum Gasteiger partial charge on any atom is 0.224 e. The van der Waals surface area contributed by atoms with Crippen LogP contribution >= 0.6 is 22.9 Å². The maximum atomic E-state index is 11.4. The second-order valence-corrected chi connectivity index (χ2v) is 5.64. The van der Waals surface area contributed by atoms with Crippen LogP contribution in [0.3, 0.4) is 0 Å². The smallest absolute Gasteiger partial charge is 0.224 e. The largest absolute Gasteiger partial charge is 0.380 e. The Morgan fingerprint density at radius 2 is 2.21 bits per heavy atom. The first-order chi connectivity index (χ1) is 9.19. The van der Waals surface area contributed by atoms with Gasteiger partial charge in [0.05, 0.1) is 13.0 Å². The van der Waals surface area contributed by atoms with Crippen molar-refractivity contribution in [3.63, 3.8) is 0 Å². The number of amides is 1. The molecule has 0 bridgehead atoms. The van der Waals surface area contributed by atoms with E-state index in [1.807, 2.05) is 24.3 Å². The fraction of sp³-hybridized carbons (Fsp3) is 0.231. The lowest BCUT2D eigenvalue weighted by Gasteiger charge is -2.10. The maximum absolute atomic E-state index is 11.4. The summed E-state index contributed by atoms with van der Waals surface area (Å²) in [6, 6.07) is 7.76. The third kappa shape index (κ3) is 3.94. The first-order valence-electron chi connectivity index (χ1n) is 5.81. The molecule has 0 aliphatic heterocycles. The number of thiazole rings is 1. The fourth-order valence-electron chi connectivity index (χ4n) is 1.66. The Balaban J connectivity index is 2.05. The van der Waals surface area contributed by atoms with E-state index in [0.29, 0.717) is 17.4 Å². The number of para-hydroxylation sites is 1. The second-order valence-electron chi connectivity index (χ2n) is 3.94. The van der Waals surface area contributed by atoms with Gasteiger partial charge in [0.1, 0.15) is 0 Å². The number of likely N-dealkylation sites (N-methyl/N-ethyl adjacent to an activating group) is 1. The summed E-state index contributed by atoms with van der Waals surface area (Å²) < 4.78 is 0.537. The number of rotatable bonds is 5. The number of hydrogen-bond donors (Lipinski definition) is 2. The fourth-order valence-corrected chi connectivity index (χ4v) is 2.57. The average molecular weight is 296 g/mol. The minimum absolute atomic E-state index is 0.00455.